The van der Waals surface area contributed by atoms with Crippen LogP contribution >= 0.6 is 11.6 Å². The van der Waals surface area contributed by atoms with Crippen LogP contribution in [0.25, 0.3) is 0 Å². The molecule has 3 aromatic rings. The van der Waals surface area contributed by atoms with Crippen LogP contribution in [0, 0.1) is 20.8 Å². The average Bonchev–Trinajstić information content (AvgIpc) is 2.94. The summed E-state index contributed by atoms with van der Waals surface area (Å²) in [4.78, 5) is 29.1. The number of unbranched alkanes of at least 4 members (excludes halogenated alkanes) is 1. The predicted octanol–water partition coefficient (Wildman–Crippen LogP) is 6.18. The Morgan fingerprint density at radius 1 is 0.927 bits per heavy atom. The summed E-state index contributed by atoms with van der Waals surface area (Å²) in [6.07, 6.45) is 2.12. The Hall–Kier alpha value is -3.36. The number of aryl methyl sites for hydroxylation is 3. The molecule has 0 aliphatic rings. The van der Waals surface area contributed by atoms with Gasteiger partial charge in [-0.15, -0.1) is 0 Å². The fourth-order valence-electron chi connectivity index (χ4n) is 4.60. The molecule has 9 heteroatoms. The van der Waals surface area contributed by atoms with E-state index in [9.17, 15) is 18.0 Å². The van der Waals surface area contributed by atoms with Crippen LogP contribution in [0.2, 0.25) is 5.02 Å². The number of carbonyl (C=O) groups excluding carboxylic acids is 2. The average molecular weight is 598 g/mol. The van der Waals surface area contributed by atoms with E-state index >= 15 is 0 Å². The lowest BCUT2D eigenvalue weighted by Crippen LogP contribution is -2.52. The van der Waals surface area contributed by atoms with Gasteiger partial charge in [0.15, 0.2) is 0 Å². The molecular formula is C32H40ClN3O4S. The number of hydrogen-bond acceptors (Lipinski definition) is 4. The van der Waals surface area contributed by atoms with Gasteiger partial charge >= 0.3 is 0 Å². The maximum atomic E-state index is 14.2. The maximum Gasteiger partial charge on any atom is 0.264 e. The fourth-order valence-corrected chi connectivity index (χ4v) is 6.24. The number of carbonyl (C=O) groups is 2. The van der Waals surface area contributed by atoms with E-state index in [0.29, 0.717) is 29.2 Å². The molecule has 1 atom stereocenters. The van der Waals surface area contributed by atoms with Gasteiger partial charge in [0, 0.05) is 18.1 Å². The van der Waals surface area contributed by atoms with E-state index in [0.717, 1.165) is 33.8 Å². The fraction of sp³-hybridized carbons (Fsp3) is 0.375. The van der Waals surface area contributed by atoms with Crippen LogP contribution in [0.1, 0.15) is 55.4 Å². The molecule has 7 nitrogen and oxygen atoms in total. The Kier molecular flexibility index (Phi) is 11.4. The van der Waals surface area contributed by atoms with E-state index < -0.39 is 28.5 Å². The summed E-state index contributed by atoms with van der Waals surface area (Å²) in [6, 6.07) is 18.3. The molecule has 0 aliphatic carbocycles. The number of nitrogens with zero attached hydrogens (tertiary/aromatic N) is 2. The van der Waals surface area contributed by atoms with Gasteiger partial charge in [0.25, 0.3) is 10.0 Å². The van der Waals surface area contributed by atoms with Crippen LogP contribution in [0.15, 0.2) is 71.6 Å². The van der Waals surface area contributed by atoms with Crippen molar-refractivity contribution >= 4 is 39.1 Å². The summed E-state index contributed by atoms with van der Waals surface area (Å²) in [5.41, 5.74) is 3.72. The second-order valence-corrected chi connectivity index (χ2v) is 12.6. The molecule has 0 spiro atoms. The molecule has 41 heavy (non-hydrogen) atoms. The van der Waals surface area contributed by atoms with E-state index in [1.807, 2.05) is 52.0 Å². The van der Waals surface area contributed by atoms with E-state index in [-0.39, 0.29) is 17.3 Å². The number of nitrogens with one attached hydrogen (secondary N) is 1. The van der Waals surface area contributed by atoms with Crippen LogP contribution in [-0.4, -0.2) is 44.3 Å². The van der Waals surface area contributed by atoms with Crippen LogP contribution in [0.5, 0.6) is 0 Å². The lowest BCUT2D eigenvalue weighted by Gasteiger charge is -2.34. The van der Waals surface area contributed by atoms with Gasteiger partial charge in [-0.05, 0) is 74.6 Å². The van der Waals surface area contributed by atoms with Crippen LogP contribution in [0.4, 0.5) is 5.69 Å². The van der Waals surface area contributed by atoms with Crippen molar-refractivity contribution in [3.05, 3.63) is 94.0 Å². The molecule has 1 unspecified atom stereocenters. The third-order valence-corrected chi connectivity index (χ3v) is 9.15. The van der Waals surface area contributed by atoms with Gasteiger partial charge in [0.2, 0.25) is 11.8 Å². The van der Waals surface area contributed by atoms with E-state index in [4.69, 9.17) is 11.6 Å². The van der Waals surface area contributed by atoms with Crippen molar-refractivity contribution in [2.75, 3.05) is 17.4 Å². The van der Waals surface area contributed by atoms with Gasteiger partial charge in [0.1, 0.15) is 12.6 Å². The number of hydrogen-bond donors (Lipinski definition) is 1. The monoisotopic (exact) mass is 597 g/mol. The van der Waals surface area contributed by atoms with Crippen molar-refractivity contribution in [2.45, 2.75) is 71.4 Å². The largest absolute Gasteiger partial charge is 0.354 e. The Bertz CT molecular complexity index is 1460. The van der Waals surface area contributed by atoms with Crippen molar-refractivity contribution in [1.82, 2.24) is 10.2 Å². The molecular weight excluding hydrogens is 558 g/mol. The van der Waals surface area contributed by atoms with Crippen molar-refractivity contribution in [3.63, 3.8) is 0 Å². The first-order valence-electron chi connectivity index (χ1n) is 14.0. The quantitative estimate of drug-likeness (QED) is 0.238. The molecule has 0 aromatic heterocycles. The van der Waals surface area contributed by atoms with Crippen molar-refractivity contribution < 1.29 is 18.0 Å². The first-order valence-corrected chi connectivity index (χ1v) is 15.8. The summed E-state index contributed by atoms with van der Waals surface area (Å²) in [5, 5.41) is 3.30. The van der Waals surface area contributed by atoms with Crippen LogP contribution in [-0.2, 0) is 26.2 Å². The minimum Gasteiger partial charge on any atom is -0.354 e. The van der Waals surface area contributed by atoms with Gasteiger partial charge in [-0.25, -0.2) is 8.42 Å². The second-order valence-electron chi connectivity index (χ2n) is 10.3. The van der Waals surface area contributed by atoms with Gasteiger partial charge in [-0.1, -0.05) is 79.9 Å². The van der Waals surface area contributed by atoms with Crippen molar-refractivity contribution in [1.29, 1.82) is 0 Å². The number of anilines is 1. The molecule has 2 amide bonds. The zero-order valence-corrected chi connectivity index (χ0v) is 26.1. The molecule has 0 radical (unpaired) electrons. The van der Waals surface area contributed by atoms with Gasteiger partial charge in [-0.2, -0.15) is 0 Å². The zero-order valence-electron chi connectivity index (χ0n) is 24.5. The van der Waals surface area contributed by atoms with Crippen LogP contribution in [0.3, 0.4) is 0 Å². The standard InChI is InChI=1S/C32H40ClN3O4S/c1-6-8-19-34-32(38)29(7-2)35(21-26-12-10-9-11-24(26)4)31(37)22-36(30-20-27(33)16-15-25(30)5)41(39,40)28-17-13-23(3)14-18-28/h9-18,20,29H,6-8,19,21-22H2,1-5H3,(H,34,38). The maximum absolute atomic E-state index is 14.2. The van der Waals surface area contributed by atoms with E-state index in [1.54, 1.807) is 37.3 Å². The summed E-state index contributed by atoms with van der Waals surface area (Å²) in [6.45, 7) is 9.66. The molecule has 0 saturated heterocycles. The number of amides is 2. The summed E-state index contributed by atoms with van der Waals surface area (Å²) < 4.78 is 29.2. The molecule has 3 aromatic carbocycles. The number of sulfonamides is 1. The molecule has 220 valence electrons. The first-order chi connectivity index (χ1) is 19.5. The first kappa shape index (κ1) is 32.2. The van der Waals surface area contributed by atoms with E-state index in [2.05, 4.69) is 5.32 Å². The Balaban J connectivity index is 2.09. The highest BCUT2D eigenvalue weighted by atomic mass is 35.5. The molecule has 0 saturated carbocycles. The number of rotatable bonds is 13. The SMILES string of the molecule is CCCCNC(=O)C(CC)N(Cc1ccccc1C)C(=O)CN(c1cc(Cl)ccc1C)S(=O)(=O)c1ccc(C)cc1. The summed E-state index contributed by atoms with van der Waals surface area (Å²) >= 11 is 6.31. The molecule has 0 aliphatic heterocycles. The topological polar surface area (TPSA) is 86.8 Å². The zero-order chi connectivity index (χ0) is 30.2. The predicted molar refractivity (Wildman–Crippen MR) is 166 cm³/mol. The van der Waals surface area contributed by atoms with Gasteiger partial charge < -0.3 is 10.2 Å². The molecule has 0 fully saturated rings. The van der Waals surface area contributed by atoms with Crippen molar-refractivity contribution in [3.8, 4) is 0 Å². The van der Waals surface area contributed by atoms with Crippen LogP contribution < -0.4 is 9.62 Å². The highest BCUT2D eigenvalue weighted by Gasteiger charge is 2.34. The molecule has 1 N–H and O–H groups in total. The van der Waals surface area contributed by atoms with Gasteiger partial charge in [0.05, 0.1) is 10.6 Å². The van der Waals surface area contributed by atoms with Gasteiger partial charge in [-0.3, -0.25) is 13.9 Å². The Morgan fingerprint density at radius 2 is 1.61 bits per heavy atom. The Labute approximate surface area is 249 Å². The number of benzene rings is 3. The second kappa shape index (κ2) is 14.5. The summed E-state index contributed by atoms with van der Waals surface area (Å²) in [5.74, 6) is -0.740. The highest BCUT2D eigenvalue weighted by Crippen LogP contribution is 2.30. The summed E-state index contributed by atoms with van der Waals surface area (Å²) in [7, 11) is -4.16. The minimum absolute atomic E-state index is 0.0603. The molecule has 0 heterocycles. The lowest BCUT2D eigenvalue weighted by atomic mass is 10.1. The lowest BCUT2D eigenvalue weighted by molar-refractivity contribution is -0.140. The molecule has 3 rings (SSSR count). The third-order valence-electron chi connectivity index (χ3n) is 7.15. The van der Waals surface area contributed by atoms with E-state index in [1.165, 1.54) is 17.0 Å². The third kappa shape index (κ3) is 8.11. The smallest absolute Gasteiger partial charge is 0.264 e. The Morgan fingerprint density at radius 3 is 2.24 bits per heavy atom. The number of halogens is 1. The normalized spacial score (nSPS) is 12.0. The highest BCUT2D eigenvalue weighted by molar-refractivity contribution is 7.92. The minimum atomic E-state index is -4.16. The van der Waals surface area contributed by atoms with Crippen molar-refractivity contribution in [2.24, 2.45) is 0 Å². The molecule has 0 bridgehead atoms.